The van der Waals surface area contributed by atoms with E-state index in [0.717, 1.165) is 6.07 Å². The maximum absolute atomic E-state index is 12.5. The molecule has 1 heterocycles. The maximum atomic E-state index is 12.5. The monoisotopic (exact) mass is 319 g/mol. The van der Waals surface area contributed by atoms with Crippen molar-refractivity contribution in [3.05, 3.63) is 63.4 Å². The van der Waals surface area contributed by atoms with Crippen LogP contribution in [0.5, 0.6) is 0 Å². The number of nitrogens with zero attached hydrogens (tertiary/aromatic N) is 1. The molecule has 0 unspecified atom stereocenters. The lowest BCUT2D eigenvalue weighted by atomic mass is 10.0. The van der Waals surface area contributed by atoms with Crippen molar-refractivity contribution >= 4 is 29.0 Å². The molecule has 0 saturated heterocycles. The minimum atomic E-state index is -4.61. The smallest absolute Gasteiger partial charge is 0.288 e. The summed E-state index contributed by atoms with van der Waals surface area (Å²) in [5.41, 5.74) is -1.03. The van der Waals surface area contributed by atoms with Gasteiger partial charge in [-0.3, -0.25) is 4.79 Å². The first-order chi connectivity index (χ1) is 9.29. The van der Waals surface area contributed by atoms with Crippen LogP contribution in [0.4, 0.5) is 13.2 Å². The third kappa shape index (κ3) is 3.11. The molecule has 2 rings (SSSR count). The predicted octanol–water partition coefficient (Wildman–Crippen LogP) is 4.64. The zero-order valence-electron chi connectivity index (χ0n) is 9.71. The zero-order chi connectivity index (χ0) is 14.9. The second kappa shape index (κ2) is 5.42. The topological polar surface area (TPSA) is 30.0 Å². The van der Waals surface area contributed by atoms with E-state index in [9.17, 15) is 18.0 Å². The molecule has 0 radical (unpaired) electrons. The van der Waals surface area contributed by atoms with Crippen molar-refractivity contribution in [1.82, 2.24) is 4.98 Å². The fraction of sp³-hybridized carbons (Fsp3) is 0.0769. The molecule has 104 valence electrons. The summed E-state index contributed by atoms with van der Waals surface area (Å²) < 4.78 is 37.4. The first-order valence-electron chi connectivity index (χ1n) is 5.33. The van der Waals surface area contributed by atoms with E-state index in [2.05, 4.69) is 4.98 Å². The molecule has 1 aromatic carbocycles. The van der Waals surface area contributed by atoms with Crippen molar-refractivity contribution in [2.75, 3.05) is 0 Å². The van der Waals surface area contributed by atoms with E-state index in [4.69, 9.17) is 23.2 Å². The first kappa shape index (κ1) is 14.8. The van der Waals surface area contributed by atoms with Gasteiger partial charge >= 0.3 is 6.18 Å². The number of pyridine rings is 1. The number of benzene rings is 1. The fourth-order valence-electron chi connectivity index (χ4n) is 1.55. The zero-order valence-corrected chi connectivity index (χ0v) is 11.2. The Labute approximate surface area is 122 Å². The number of alkyl halides is 3. The third-order valence-electron chi connectivity index (χ3n) is 2.47. The molecule has 0 N–H and O–H groups in total. The summed E-state index contributed by atoms with van der Waals surface area (Å²) in [6.45, 7) is 0. The average molecular weight is 320 g/mol. The highest BCUT2D eigenvalue weighted by atomic mass is 35.5. The van der Waals surface area contributed by atoms with Crippen molar-refractivity contribution in [1.29, 1.82) is 0 Å². The molecule has 7 heteroatoms. The maximum Gasteiger partial charge on any atom is 0.433 e. The van der Waals surface area contributed by atoms with Crippen LogP contribution in [0.15, 0.2) is 36.4 Å². The highest BCUT2D eigenvalue weighted by molar-refractivity contribution is 6.34. The molecule has 0 aliphatic carbocycles. The number of rotatable bonds is 2. The molecular weight excluding hydrogens is 314 g/mol. The Bertz CT molecular complexity index is 671. The predicted molar refractivity (Wildman–Crippen MR) is 69.1 cm³/mol. The van der Waals surface area contributed by atoms with Gasteiger partial charge in [-0.1, -0.05) is 35.3 Å². The number of aromatic nitrogens is 1. The molecule has 1 aromatic heterocycles. The van der Waals surface area contributed by atoms with Crippen molar-refractivity contribution in [3.63, 3.8) is 0 Å². The van der Waals surface area contributed by atoms with E-state index >= 15 is 0 Å². The Morgan fingerprint density at radius 1 is 1.10 bits per heavy atom. The lowest BCUT2D eigenvalue weighted by Crippen LogP contribution is -2.10. The van der Waals surface area contributed by atoms with Gasteiger partial charge in [0.1, 0.15) is 10.8 Å². The fourth-order valence-corrected chi connectivity index (χ4v) is 1.98. The molecule has 0 fully saturated rings. The second-order valence-electron chi connectivity index (χ2n) is 3.87. The summed E-state index contributed by atoms with van der Waals surface area (Å²) in [6, 6.07) is 7.73. The second-order valence-corrected chi connectivity index (χ2v) is 4.67. The van der Waals surface area contributed by atoms with Gasteiger partial charge in [0.25, 0.3) is 0 Å². The average Bonchev–Trinajstić information content (AvgIpc) is 2.36. The molecule has 0 amide bonds. The third-order valence-corrected chi connectivity index (χ3v) is 2.99. The molecular formula is C13H6Cl2F3NO. The molecule has 2 nitrogen and oxygen atoms in total. The van der Waals surface area contributed by atoms with Crippen LogP contribution in [0.3, 0.4) is 0 Å². The van der Waals surface area contributed by atoms with Gasteiger partial charge in [-0.2, -0.15) is 13.2 Å². The van der Waals surface area contributed by atoms with Gasteiger partial charge in [0.15, 0.2) is 5.78 Å². The van der Waals surface area contributed by atoms with Crippen LogP contribution in [0.25, 0.3) is 0 Å². The molecule has 2 aromatic rings. The Morgan fingerprint density at radius 3 is 2.35 bits per heavy atom. The molecule has 0 saturated carbocycles. The summed E-state index contributed by atoms with van der Waals surface area (Å²) in [5.74, 6) is -0.543. The summed E-state index contributed by atoms with van der Waals surface area (Å²) in [7, 11) is 0. The minimum absolute atomic E-state index is 0.109. The Kier molecular flexibility index (Phi) is 4.01. The van der Waals surface area contributed by atoms with Crippen LogP contribution in [-0.4, -0.2) is 10.8 Å². The molecule has 20 heavy (non-hydrogen) atoms. The quantitative estimate of drug-likeness (QED) is 0.596. The van der Waals surface area contributed by atoms with Crippen LogP contribution in [0.2, 0.25) is 10.2 Å². The van der Waals surface area contributed by atoms with Crippen molar-refractivity contribution in [3.8, 4) is 0 Å². The normalized spacial score (nSPS) is 11.4. The van der Waals surface area contributed by atoms with E-state index in [-0.39, 0.29) is 11.1 Å². The van der Waals surface area contributed by atoms with E-state index in [1.54, 1.807) is 12.1 Å². The summed E-state index contributed by atoms with van der Waals surface area (Å²) in [4.78, 5) is 15.3. The number of carbonyl (C=O) groups is 1. The standard InChI is InChI=1S/C13H6Cl2F3NO/c14-8-3-1-2-7(6-8)11(20)9-4-5-10(13(16,17)18)19-12(9)15/h1-6H. The van der Waals surface area contributed by atoms with Gasteiger partial charge in [-0.25, -0.2) is 4.98 Å². The van der Waals surface area contributed by atoms with Crippen LogP contribution in [0.1, 0.15) is 21.6 Å². The lowest BCUT2D eigenvalue weighted by Gasteiger charge is -2.08. The van der Waals surface area contributed by atoms with E-state index < -0.39 is 22.8 Å². The lowest BCUT2D eigenvalue weighted by molar-refractivity contribution is -0.141. The molecule has 0 spiro atoms. The highest BCUT2D eigenvalue weighted by Crippen LogP contribution is 2.30. The molecule has 0 bridgehead atoms. The van der Waals surface area contributed by atoms with Crippen LogP contribution < -0.4 is 0 Å². The minimum Gasteiger partial charge on any atom is -0.288 e. The van der Waals surface area contributed by atoms with Crippen LogP contribution in [-0.2, 0) is 6.18 Å². The van der Waals surface area contributed by atoms with Crippen LogP contribution >= 0.6 is 23.2 Å². The largest absolute Gasteiger partial charge is 0.433 e. The van der Waals surface area contributed by atoms with Gasteiger partial charge in [0, 0.05) is 10.6 Å². The van der Waals surface area contributed by atoms with Gasteiger partial charge in [-0.15, -0.1) is 0 Å². The summed E-state index contributed by atoms with van der Waals surface area (Å²) in [5, 5.41) is -0.156. The number of hydrogen-bond donors (Lipinski definition) is 0. The van der Waals surface area contributed by atoms with Gasteiger partial charge < -0.3 is 0 Å². The Morgan fingerprint density at radius 2 is 1.80 bits per heavy atom. The van der Waals surface area contributed by atoms with Gasteiger partial charge in [0.05, 0.1) is 5.56 Å². The number of hydrogen-bond acceptors (Lipinski definition) is 2. The Balaban J connectivity index is 2.41. The molecule has 0 aliphatic heterocycles. The van der Waals surface area contributed by atoms with E-state index in [1.807, 2.05) is 0 Å². The van der Waals surface area contributed by atoms with Crippen molar-refractivity contribution in [2.45, 2.75) is 6.18 Å². The number of ketones is 1. The molecule has 0 atom stereocenters. The summed E-state index contributed by atoms with van der Waals surface area (Å²) in [6.07, 6.45) is -4.61. The van der Waals surface area contributed by atoms with Gasteiger partial charge in [-0.05, 0) is 24.3 Å². The number of halogens is 5. The van der Waals surface area contributed by atoms with E-state index in [1.165, 1.54) is 12.1 Å². The van der Waals surface area contributed by atoms with E-state index in [0.29, 0.717) is 11.1 Å². The summed E-state index contributed by atoms with van der Waals surface area (Å²) >= 11 is 11.4. The van der Waals surface area contributed by atoms with Crippen LogP contribution in [0, 0.1) is 0 Å². The SMILES string of the molecule is O=C(c1cccc(Cl)c1)c1ccc(C(F)(F)F)nc1Cl. The Hall–Kier alpha value is -1.59. The van der Waals surface area contributed by atoms with Crippen molar-refractivity contribution < 1.29 is 18.0 Å². The first-order valence-corrected chi connectivity index (χ1v) is 6.08. The van der Waals surface area contributed by atoms with Gasteiger partial charge in [0.2, 0.25) is 0 Å². The highest BCUT2D eigenvalue weighted by Gasteiger charge is 2.33. The number of carbonyl (C=O) groups excluding carboxylic acids is 1. The molecule has 0 aliphatic rings. The van der Waals surface area contributed by atoms with Crippen molar-refractivity contribution in [2.24, 2.45) is 0 Å².